The van der Waals surface area contributed by atoms with Crippen LogP contribution in [0.15, 0.2) is 32.8 Å². The number of aromatic amines is 1. The zero-order valence-electron chi connectivity index (χ0n) is 21.9. The minimum absolute atomic E-state index is 0.0862. The Labute approximate surface area is 239 Å². The number of aliphatic hydroxyl groups excluding tert-OH is 2. The van der Waals surface area contributed by atoms with Crippen molar-refractivity contribution >= 4 is 21.5 Å². The number of rotatable bonds is 10. The minimum Gasteiger partial charge on any atom is -0.394 e. The molecule has 0 radical (unpaired) electrons. The molecule has 238 valence electrons. The van der Waals surface area contributed by atoms with Gasteiger partial charge in [-0.25, -0.2) is 18.7 Å². The fraction of sp³-hybridized carbons (Fsp3) is 0.600. The number of H-pyrrole nitrogens is 1. The number of nitrogens with two attached hydrogens (primary N) is 1. The molecule has 43 heavy (non-hydrogen) atoms. The number of hydrogen-bond acceptors (Lipinski definition) is 15. The Morgan fingerprint density at radius 2 is 1.91 bits per heavy atom. The highest BCUT2D eigenvalue weighted by molar-refractivity contribution is 7.47. The van der Waals surface area contributed by atoms with Gasteiger partial charge in [0.05, 0.1) is 19.8 Å². The van der Waals surface area contributed by atoms with Gasteiger partial charge in [-0.3, -0.25) is 32.5 Å². The van der Waals surface area contributed by atoms with Crippen molar-refractivity contribution in [3.63, 3.8) is 0 Å². The van der Waals surface area contributed by atoms with Crippen LogP contribution in [0.5, 0.6) is 0 Å². The van der Waals surface area contributed by atoms with E-state index in [0.29, 0.717) is 0 Å². The quantitative estimate of drug-likeness (QED) is 0.123. The van der Waals surface area contributed by atoms with Crippen LogP contribution in [0.25, 0.3) is 0 Å². The Hall–Kier alpha value is -2.62. The SMILES string of the molecule is Cc1cn([C@@H]2O[C@@]3(COP(=O)(O)O[C@H]4[C@@H](O)[C@H](n5ccc(N)nc5=O)O[C@@H]4CO)CO[C@@H]2[C@@H]3OP(=O)(O)O)c(=O)[nH]c1=O. The number of fused-ring (bicyclic) bond motifs is 2. The summed E-state index contributed by atoms with van der Waals surface area (Å²) in [6.45, 7) is -0.894. The number of phosphoric acid groups is 2. The van der Waals surface area contributed by atoms with Gasteiger partial charge < -0.3 is 44.8 Å². The highest BCUT2D eigenvalue weighted by atomic mass is 31.2. The molecule has 3 aliphatic heterocycles. The monoisotopic (exact) mass is 655 g/mol. The van der Waals surface area contributed by atoms with E-state index in [9.17, 15) is 48.4 Å². The fourth-order valence-electron chi connectivity index (χ4n) is 5.02. The number of nitrogen functional groups attached to an aromatic ring is 1. The first-order valence-corrected chi connectivity index (χ1v) is 15.4. The van der Waals surface area contributed by atoms with Crippen LogP contribution >= 0.6 is 15.6 Å². The number of aryl methyl sites for hydroxylation is 1. The first kappa shape index (κ1) is 31.8. The summed E-state index contributed by atoms with van der Waals surface area (Å²) in [4.78, 5) is 71.6. The first-order chi connectivity index (χ1) is 20.0. The summed E-state index contributed by atoms with van der Waals surface area (Å²) in [7, 11) is -10.5. The van der Waals surface area contributed by atoms with E-state index in [1.807, 2.05) is 4.98 Å². The Bertz CT molecular complexity index is 1660. The van der Waals surface area contributed by atoms with Crippen LogP contribution in [-0.2, 0) is 36.9 Å². The van der Waals surface area contributed by atoms with Crippen LogP contribution in [0, 0.1) is 6.92 Å². The van der Waals surface area contributed by atoms with Crippen molar-refractivity contribution in [3.05, 3.63) is 55.3 Å². The van der Waals surface area contributed by atoms with Crippen molar-refractivity contribution < 1.29 is 61.8 Å². The number of nitrogens with zero attached hydrogens (tertiary/aromatic N) is 3. The Morgan fingerprint density at radius 3 is 2.56 bits per heavy atom. The molecule has 5 rings (SSSR count). The summed E-state index contributed by atoms with van der Waals surface area (Å²) in [5.74, 6) is -0.121. The molecule has 3 aliphatic rings. The van der Waals surface area contributed by atoms with E-state index in [1.165, 1.54) is 13.0 Å². The molecule has 0 amide bonds. The molecule has 5 heterocycles. The van der Waals surface area contributed by atoms with Gasteiger partial charge in [-0.2, -0.15) is 4.98 Å². The fourth-order valence-corrected chi connectivity index (χ4v) is 6.64. The van der Waals surface area contributed by atoms with E-state index in [4.69, 9.17) is 33.5 Å². The highest BCUT2D eigenvalue weighted by Crippen LogP contribution is 2.55. The van der Waals surface area contributed by atoms with Crippen LogP contribution in [0.1, 0.15) is 18.0 Å². The van der Waals surface area contributed by atoms with Gasteiger partial charge in [0.15, 0.2) is 12.5 Å². The predicted molar refractivity (Wildman–Crippen MR) is 136 cm³/mol. The molecule has 21 nitrogen and oxygen atoms in total. The number of aliphatic hydroxyl groups is 2. The topological polar surface area (TPSA) is 306 Å². The normalized spacial score (nSPS) is 33.6. The van der Waals surface area contributed by atoms with Gasteiger partial charge >= 0.3 is 27.0 Å². The maximum Gasteiger partial charge on any atom is 0.472 e. The molecule has 2 bridgehead atoms. The van der Waals surface area contributed by atoms with Gasteiger partial charge in [0.2, 0.25) is 0 Å². The average molecular weight is 655 g/mol. The summed E-state index contributed by atoms with van der Waals surface area (Å²) in [6, 6.07) is 1.23. The number of aromatic nitrogens is 4. The summed E-state index contributed by atoms with van der Waals surface area (Å²) < 4.78 is 58.4. The molecule has 9 atom stereocenters. The summed E-state index contributed by atoms with van der Waals surface area (Å²) in [5.41, 5.74) is 0.983. The highest BCUT2D eigenvalue weighted by Gasteiger charge is 2.65. The van der Waals surface area contributed by atoms with Crippen LogP contribution in [-0.4, -0.2) is 99.9 Å². The van der Waals surface area contributed by atoms with E-state index in [1.54, 1.807) is 0 Å². The second kappa shape index (κ2) is 11.4. The number of phosphoric ester groups is 2. The summed E-state index contributed by atoms with van der Waals surface area (Å²) in [6.07, 6.45) is -8.65. The lowest BCUT2D eigenvalue weighted by Gasteiger charge is -2.32. The third-order valence-corrected chi connectivity index (χ3v) is 8.45. The zero-order chi connectivity index (χ0) is 31.5. The maximum atomic E-state index is 13.0. The zero-order valence-corrected chi connectivity index (χ0v) is 23.7. The Kier molecular flexibility index (Phi) is 8.42. The van der Waals surface area contributed by atoms with Crippen molar-refractivity contribution in [1.82, 2.24) is 19.1 Å². The van der Waals surface area contributed by atoms with Crippen molar-refractivity contribution in [1.29, 1.82) is 0 Å². The molecule has 0 spiro atoms. The number of ether oxygens (including phenoxy) is 3. The van der Waals surface area contributed by atoms with Crippen LogP contribution < -0.4 is 22.7 Å². The van der Waals surface area contributed by atoms with Crippen molar-refractivity contribution in [3.8, 4) is 0 Å². The van der Waals surface area contributed by atoms with E-state index >= 15 is 0 Å². The molecule has 1 unspecified atom stereocenters. The molecule has 23 heteroatoms. The molecule has 0 aromatic carbocycles. The number of hydrogen-bond donors (Lipinski definition) is 7. The van der Waals surface area contributed by atoms with Gasteiger partial charge in [-0.05, 0) is 13.0 Å². The standard InChI is InChI=1S/C20H27N5O16P2/c1-8-4-25(19(30)23-15(8)28)17-13-14(41-42(31,32)33)20(39-17,6-36-13)7-37-43(34,35)40-12-9(5-26)38-16(11(12)27)24-3-2-10(21)22-18(24)29/h2-4,9,11-14,16-17,26-27H,5-7H2,1H3,(H,34,35)(H2,21,22,29)(H,23,28,30)(H2,31,32,33)/t9-,11-,12-,13-,14+,16-,17-,20-/m1/s1. The number of nitrogens with one attached hydrogen (secondary N) is 1. The van der Waals surface area contributed by atoms with Gasteiger partial charge in [0.25, 0.3) is 5.56 Å². The third-order valence-electron chi connectivity index (χ3n) is 6.99. The lowest BCUT2D eigenvalue weighted by molar-refractivity contribution is -0.186. The average Bonchev–Trinajstić information content (AvgIpc) is 3.51. The number of anilines is 1. The smallest absolute Gasteiger partial charge is 0.394 e. The molecule has 2 aromatic heterocycles. The molecular weight excluding hydrogens is 628 g/mol. The van der Waals surface area contributed by atoms with E-state index in [0.717, 1.165) is 21.5 Å². The summed E-state index contributed by atoms with van der Waals surface area (Å²) in [5, 5.41) is 20.5. The van der Waals surface area contributed by atoms with Crippen LogP contribution in [0.4, 0.5) is 5.82 Å². The maximum absolute atomic E-state index is 13.0. The molecule has 0 saturated carbocycles. The second-order valence-electron chi connectivity index (χ2n) is 9.94. The van der Waals surface area contributed by atoms with Crippen molar-refractivity contribution in [2.45, 2.75) is 55.5 Å². The Morgan fingerprint density at radius 1 is 1.19 bits per heavy atom. The van der Waals surface area contributed by atoms with Crippen molar-refractivity contribution in [2.75, 3.05) is 25.6 Å². The molecular formula is C20H27N5O16P2. The first-order valence-electron chi connectivity index (χ1n) is 12.3. The van der Waals surface area contributed by atoms with Crippen molar-refractivity contribution in [2.24, 2.45) is 0 Å². The largest absolute Gasteiger partial charge is 0.472 e. The van der Waals surface area contributed by atoms with E-state index < -0.39 is 101 Å². The van der Waals surface area contributed by atoms with E-state index in [2.05, 4.69) is 4.98 Å². The molecule has 0 aliphatic carbocycles. The molecule has 3 saturated heterocycles. The molecule has 8 N–H and O–H groups in total. The molecule has 2 aromatic rings. The lowest BCUT2D eigenvalue weighted by Crippen LogP contribution is -2.46. The minimum atomic E-state index is -5.23. The van der Waals surface area contributed by atoms with Crippen LogP contribution in [0.2, 0.25) is 0 Å². The van der Waals surface area contributed by atoms with Gasteiger partial charge in [0.1, 0.15) is 41.9 Å². The summed E-state index contributed by atoms with van der Waals surface area (Å²) >= 11 is 0. The Balaban J connectivity index is 1.36. The van der Waals surface area contributed by atoms with Gasteiger partial charge in [-0.15, -0.1) is 0 Å². The lowest BCUT2D eigenvalue weighted by atomic mass is 10.0. The van der Waals surface area contributed by atoms with Crippen LogP contribution in [0.3, 0.4) is 0 Å². The molecule has 3 fully saturated rings. The van der Waals surface area contributed by atoms with E-state index in [-0.39, 0.29) is 11.4 Å². The predicted octanol–water partition coefficient (Wildman–Crippen LogP) is -3.42. The second-order valence-corrected chi connectivity index (χ2v) is 12.5. The van der Waals surface area contributed by atoms with Gasteiger partial charge in [-0.1, -0.05) is 0 Å². The third kappa shape index (κ3) is 6.18. The van der Waals surface area contributed by atoms with Gasteiger partial charge in [0, 0.05) is 18.0 Å².